The van der Waals surface area contributed by atoms with E-state index in [0.29, 0.717) is 25.7 Å². The molecule has 8 nitrogen and oxygen atoms in total. The van der Waals surface area contributed by atoms with E-state index in [0.717, 1.165) is 24.5 Å². The minimum absolute atomic E-state index is 0. The Bertz CT molecular complexity index is 589. The minimum atomic E-state index is -0.497. The van der Waals surface area contributed by atoms with E-state index in [2.05, 4.69) is 20.9 Å². The van der Waals surface area contributed by atoms with Gasteiger partial charge in [0, 0.05) is 26.7 Å². The van der Waals surface area contributed by atoms with E-state index < -0.39 is 11.7 Å². The highest BCUT2D eigenvalue weighted by molar-refractivity contribution is 14.0. The van der Waals surface area contributed by atoms with E-state index in [1.54, 1.807) is 14.2 Å². The molecule has 0 saturated heterocycles. The van der Waals surface area contributed by atoms with Gasteiger partial charge in [0.25, 0.3) is 0 Å². The molecule has 0 aliphatic rings. The topological polar surface area (TPSA) is 93.2 Å². The number of hydrogen-bond acceptors (Lipinski definition) is 5. The molecule has 0 aliphatic heterocycles. The Balaban J connectivity index is 0.00000729. The van der Waals surface area contributed by atoms with Crippen LogP contribution in [0, 0.1) is 0 Å². The number of halogens is 1. The van der Waals surface area contributed by atoms with E-state index in [1.807, 2.05) is 45.0 Å². The van der Waals surface area contributed by atoms with E-state index >= 15 is 0 Å². The summed E-state index contributed by atoms with van der Waals surface area (Å²) in [7, 11) is 3.33. The predicted molar refractivity (Wildman–Crippen MR) is 122 cm³/mol. The van der Waals surface area contributed by atoms with Crippen molar-refractivity contribution in [3.05, 3.63) is 24.3 Å². The van der Waals surface area contributed by atoms with Crippen molar-refractivity contribution in [1.82, 2.24) is 16.0 Å². The zero-order chi connectivity index (χ0) is 20.1. The van der Waals surface area contributed by atoms with Crippen molar-refractivity contribution in [3.8, 4) is 11.5 Å². The van der Waals surface area contributed by atoms with Crippen LogP contribution in [0.5, 0.6) is 11.5 Å². The van der Waals surface area contributed by atoms with Crippen LogP contribution < -0.4 is 25.4 Å². The molecule has 1 amide bonds. The molecule has 160 valence electrons. The molecular formula is C19H33IN4O4. The van der Waals surface area contributed by atoms with Crippen molar-refractivity contribution < 1.29 is 19.0 Å². The number of hydrogen-bond donors (Lipinski definition) is 3. The highest BCUT2D eigenvalue weighted by Crippen LogP contribution is 2.16. The number of carbonyl (C=O) groups is 1. The van der Waals surface area contributed by atoms with Crippen molar-refractivity contribution in [2.75, 3.05) is 40.4 Å². The number of amides is 1. The molecule has 0 unspecified atom stereocenters. The summed E-state index contributed by atoms with van der Waals surface area (Å²) in [6.45, 7) is 7.78. The maximum absolute atomic E-state index is 11.5. The standard InChI is InChI=1S/C19H32N4O4.HI/c1-19(2,3)27-18(24)23-13-12-22-17(20-4)21-11-6-14-26-16-9-7-15(25-5)8-10-16;/h7-10H,6,11-14H2,1-5H3,(H,23,24)(H2,20,21,22);1H. The van der Waals surface area contributed by atoms with Crippen LogP contribution in [0.25, 0.3) is 0 Å². The summed E-state index contributed by atoms with van der Waals surface area (Å²) in [5.41, 5.74) is -0.497. The van der Waals surface area contributed by atoms with Gasteiger partial charge in [-0.05, 0) is 51.5 Å². The van der Waals surface area contributed by atoms with Gasteiger partial charge in [0.15, 0.2) is 5.96 Å². The number of methoxy groups -OCH3 is 1. The lowest BCUT2D eigenvalue weighted by Gasteiger charge is -2.19. The number of alkyl carbamates (subject to hydrolysis) is 1. The second-order valence-electron chi connectivity index (χ2n) is 6.73. The molecular weight excluding hydrogens is 475 g/mol. The van der Waals surface area contributed by atoms with Crippen molar-refractivity contribution in [1.29, 1.82) is 0 Å². The van der Waals surface area contributed by atoms with Gasteiger partial charge in [0.2, 0.25) is 0 Å². The van der Waals surface area contributed by atoms with Gasteiger partial charge in [-0.2, -0.15) is 0 Å². The Hall–Kier alpha value is -1.91. The Morgan fingerprint density at radius 1 is 1.00 bits per heavy atom. The summed E-state index contributed by atoms with van der Waals surface area (Å²) in [5, 5.41) is 9.00. The third-order valence-electron chi connectivity index (χ3n) is 3.25. The maximum Gasteiger partial charge on any atom is 0.407 e. The fourth-order valence-corrected chi connectivity index (χ4v) is 2.02. The first-order valence-corrected chi connectivity index (χ1v) is 9.02. The zero-order valence-electron chi connectivity index (χ0n) is 17.3. The maximum atomic E-state index is 11.5. The van der Waals surface area contributed by atoms with E-state index in [-0.39, 0.29) is 24.0 Å². The van der Waals surface area contributed by atoms with Crippen molar-refractivity contribution in [3.63, 3.8) is 0 Å². The second-order valence-corrected chi connectivity index (χ2v) is 6.73. The fourth-order valence-electron chi connectivity index (χ4n) is 2.02. The molecule has 0 aromatic heterocycles. The first-order chi connectivity index (χ1) is 12.8. The predicted octanol–water partition coefficient (Wildman–Crippen LogP) is 2.77. The van der Waals surface area contributed by atoms with Gasteiger partial charge in [-0.15, -0.1) is 24.0 Å². The van der Waals surface area contributed by atoms with Crippen LogP contribution >= 0.6 is 24.0 Å². The van der Waals surface area contributed by atoms with Crippen molar-refractivity contribution in [2.45, 2.75) is 32.8 Å². The highest BCUT2D eigenvalue weighted by atomic mass is 127. The SMILES string of the molecule is CN=C(NCCCOc1ccc(OC)cc1)NCCNC(=O)OC(C)(C)C.I. The summed E-state index contributed by atoms with van der Waals surface area (Å²) in [6, 6.07) is 7.49. The fraction of sp³-hybridized carbons (Fsp3) is 0.579. The average molecular weight is 508 g/mol. The average Bonchev–Trinajstić information content (AvgIpc) is 2.62. The monoisotopic (exact) mass is 508 g/mol. The van der Waals surface area contributed by atoms with Gasteiger partial charge in [-0.25, -0.2) is 4.79 Å². The largest absolute Gasteiger partial charge is 0.497 e. The van der Waals surface area contributed by atoms with Gasteiger partial charge in [-0.1, -0.05) is 0 Å². The molecule has 0 fully saturated rings. The van der Waals surface area contributed by atoms with E-state index in [1.165, 1.54) is 0 Å². The molecule has 9 heteroatoms. The van der Waals surface area contributed by atoms with Crippen LogP contribution in [0.3, 0.4) is 0 Å². The lowest BCUT2D eigenvalue weighted by molar-refractivity contribution is 0.0529. The number of nitrogens with zero attached hydrogens (tertiary/aromatic N) is 1. The molecule has 1 rings (SSSR count). The Morgan fingerprint density at radius 3 is 2.14 bits per heavy atom. The molecule has 0 heterocycles. The Labute approximate surface area is 184 Å². The lowest BCUT2D eigenvalue weighted by Crippen LogP contribution is -2.42. The Kier molecular flexibility index (Phi) is 13.2. The van der Waals surface area contributed by atoms with Gasteiger partial charge >= 0.3 is 6.09 Å². The van der Waals surface area contributed by atoms with Crippen LogP contribution in [0.4, 0.5) is 4.79 Å². The van der Waals surface area contributed by atoms with Crippen molar-refractivity contribution >= 4 is 36.0 Å². The smallest absolute Gasteiger partial charge is 0.407 e. The Morgan fingerprint density at radius 2 is 1.57 bits per heavy atom. The molecule has 3 N–H and O–H groups in total. The summed E-state index contributed by atoms with van der Waals surface area (Å²) in [5.74, 6) is 2.29. The second kappa shape index (κ2) is 14.1. The number of guanidine groups is 1. The molecule has 0 atom stereocenters. The normalized spacial score (nSPS) is 11.1. The van der Waals surface area contributed by atoms with Gasteiger partial charge in [0.05, 0.1) is 13.7 Å². The number of nitrogens with one attached hydrogen (secondary N) is 3. The van der Waals surface area contributed by atoms with Gasteiger partial charge < -0.3 is 30.2 Å². The van der Waals surface area contributed by atoms with E-state index in [9.17, 15) is 4.79 Å². The number of rotatable bonds is 9. The molecule has 0 aliphatic carbocycles. The lowest BCUT2D eigenvalue weighted by atomic mass is 10.2. The van der Waals surface area contributed by atoms with Crippen LogP contribution in [-0.4, -0.2) is 58.1 Å². The molecule has 28 heavy (non-hydrogen) atoms. The third-order valence-corrected chi connectivity index (χ3v) is 3.25. The molecule has 0 spiro atoms. The van der Waals surface area contributed by atoms with Crippen LogP contribution in [-0.2, 0) is 4.74 Å². The molecule has 0 bridgehead atoms. The molecule has 1 aromatic carbocycles. The summed E-state index contributed by atoms with van der Waals surface area (Å²) in [4.78, 5) is 15.7. The number of ether oxygens (including phenoxy) is 3. The van der Waals surface area contributed by atoms with Gasteiger partial charge in [-0.3, -0.25) is 4.99 Å². The summed E-state index contributed by atoms with van der Waals surface area (Å²) >= 11 is 0. The van der Waals surface area contributed by atoms with Crippen LogP contribution in [0.2, 0.25) is 0 Å². The molecule has 0 saturated carbocycles. The zero-order valence-corrected chi connectivity index (χ0v) is 19.7. The summed E-state index contributed by atoms with van der Waals surface area (Å²) < 4.78 is 15.9. The molecule has 1 aromatic rings. The quantitative estimate of drug-likeness (QED) is 0.206. The number of benzene rings is 1. The van der Waals surface area contributed by atoms with Crippen LogP contribution in [0.1, 0.15) is 27.2 Å². The first kappa shape index (κ1) is 26.1. The molecule has 0 radical (unpaired) electrons. The number of aliphatic imine (C=N–C) groups is 1. The minimum Gasteiger partial charge on any atom is -0.497 e. The summed E-state index contributed by atoms with van der Waals surface area (Å²) in [6.07, 6.45) is 0.394. The van der Waals surface area contributed by atoms with E-state index in [4.69, 9.17) is 14.2 Å². The van der Waals surface area contributed by atoms with Gasteiger partial charge in [0.1, 0.15) is 17.1 Å². The van der Waals surface area contributed by atoms with Crippen LogP contribution in [0.15, 0.2) is 29.3 Å². The number of carbonyl (C=O) groups excluding carboxylic acids is 1. The highest BCUT2D eigenvalue weighted by Gasteiger charge is 2.15. The van der Waals surface area contributed by atoms with Crippen molar-refractivity contribution in [2.24, 2.45) is 4.99 Å². The third kappa shape index (κ3) is 12.5. The first-order valence-electron chi connectivity index (χ1n) is 9.02.